The van der Waals surface area contributed by atoms with E-state index in [0.29, 0.717) is 12.5 Å². The summed E-state index contributed by atoms with van der Waals surface area (Å²) in [6.07, 6.45) is 2.10. The van der Waals surface area contributed by atoms with E-state index in [9.17, 15) is 0 Å². The largest absolute Gasteiger partial charge is 0.396 e. The lowest BCUT2D eigenvalue weighted by atomic mass is 9.98. The molecular weight excluding hydrogens is 214 g/mol. The maximum absolute atomic E-state index is 9.12. The van der Waals surface area contributed by atoms with Gasteiger partial charge in [-0.3, -0.25) is 0 Å². The van der Waals surface area contributed by atoms with Gasteiger partial charge in [-0.25, -0.2) is 4.98 Å². The number of imidazole rings is 1. The first kappa shape index (κ1) is 10.6. The molecule has 0 aliphatic carbocycles. The molecule has 90 valence electrons. The van der Waals surface area contributed by atoms with Crippen molar-refractivity contribution in [1.82, 2.24) is 9.97 Å². The molecule has 1 saturated heterocycles. The minimum atomic E-state index is 0.313. The number of hydrogen-bond donors (Lipinski definition) is 2. The van der Waals surface area contributed by atoms with Crippen molar-refractivity contribution in [1.29, 1.82) is 0 Å². The normalized spacial score (nSPS) is 17.8. The summed E-state index contributed by atoms with van der Waals surface area (Å²) < 4.78 is 0. The number of aromatic nitrogens is 2. The summed E-state index contributed by atoms with van der Waals surface area (Å²) >= 11 is 0. The Balaban J connectivity index is 1.80. The van der Waals surface area contributed by atoms with Gasteiger partial charge in [0.05, 0.1) is 11.0 Å². The van der Waals surface area contributed by atoms with Gasteiger partial charge in [-0.05, 0) is 30.9 Å². The molecule has 0 amide bonds. The number of anilines is 1. The zero-order valence-corrected chi connectivity index (χ0v) is 9.76. The second-order valence-corrected chi connectivity index (χ2v) is 4.69. The minimum absolute atomic E-state index is 0.313. The zero-order chi connectivity index (χ0) is 11.7. The SMILES string of the molecule is OCC1CCN(c2nc3ccccc3[nH]2)CC1. The van der Waals surface area contributed by atoms with Crippen molar-refractivity contribution in [2.45, 2.75) is 12.8 Å². The second kappa shape index (κ2) is 4.37. The quantitative estimate of drug-likeness (QED) is 0.828. The Kier molecular flexibility index (Phi) is 2.73. The first-order chi connectivity index (χ1) is 8.36. The van der Waals surface area contributed by atoms with Crippen LogP contribution in [0.4, 0.5) is 5.95 Å². The molecule has 4 heteroatoms. The van der Waals surface area contributed by atoms with Crippen LogP contribution in [0.5, 0.6) is 0 Å². The van der Waals surface area contributed by atoms with E-state index >= 15 is 0 Å². The molecule has 2 aromatic rings. The van der Waals surface area contributed by atoms with E-state index in [1.165, 1.54) is 0 Å². The molecule has 0 spiro atoms. The summed E-state index contributed by atoms with van der Waals surface area (Å²) in [6.45, 7) is 2.27. The number of aromatic amines is 1. The Bertz CT molecular complexity index is 467. The Morgan fingerprint density at radius 2 is 2.06 bits per heavy atom. The van der Waals surface area contributed by atoms with Crippen molar-refractivity contribution in [2.24, 2.45) is 5.92 Å². The molecule has 17 heavy (non-hydrogen) atoms. The Labute approximate surface area is 100 Å². The molecule has 0 bridgehead atoms. The number of piperidine rings is 1. The molecule has 1 aliphatic heterocycles. The lowest BCUT2D eigenvalue weighted by molar-refractivity contribution is 0.202. The van der Waals surface area contributed by atoms with E-state index in [2.05, 4.69) is 14.9 Å². The summed E-state index contributed by atoms with van der Waals surface area (Å²) in [4.78, 5) is 10.2. The predicted octanol–water partition coefficient (Wildman–Crippen LogP) is 1.77. The van der Waals surface area contributed by atoms with Gasteiger partial charge in [0, 0.05) is 19.7 Å². The van der Waals surface area contributed by atoms with Crippen LogP contribution < -0.4 is 4.90 Å². The number of hydrogen-bond acceptors (Lipinski definition) is 3. The predicted molar refractivity (Wildman–Crippen MR) is 68.1 cm³/mol. The summed E-state index contributed by atoms with van der Waals surface area (Å²) in [5.74, 6) is 1.43. The third-order valence-electron chi connectivity index (χ3n) is 3.55. The monoisotopic (exact) mass is 231 g/mol. The third kappa shape index (κ3) is 2.00. The lowest BCUT2D eigenvalue weighted by Gasteiger charge is -2.30. The molecular formula is C13H17N3O. The molecule has 2 heterocycles. The van der Waals surface area contributed by atoms with Crippen LogP contribution in [0.3, 0.4) is 0 Å². The van der Waals surface area contributed by atoms with E-state index in [0.717, 1.165) is 42.9 Å². The zero-order valence-electron chi connectivity index (χ0n) is 9.76. The van der Waals surface area contributed by atoms with Gasteiger partial charge in [-0.15, -0.1) is 0 Å². The van der Waals surface area contributed by atoms with Gasteiger partial charge in [-0.2, -0.15) is 0 Å². The number of nitrogens with zero attached hydrogens (tertiary/aromatic N) is 2. The van der Waals surface area contributed by atoms with Crippen molar-refractivity contribution in [3.63, 3.8) is 0 Å². The number of H-pyrrole nitrogens is 1. The summed E-state index contributed by atoms with van der Waals surface area (Å²) in [7, 11) is 0. The number of benzene rings is 1. The summed E-state index contributed by atoms with van der Waals surface area (Å²) in [5, 5.41) is 9.12. The maximum atomic E-state index is 9.12. The molecule has 2 N–H and O–H groups in total. The van der Waals surface area contributed by atoms with E-state index < -0.39 is 0 Å². The van der Waals surface area contributed by atoms with Gasteiger partial charge < -0.3 is 15.0 Å². The molecule has 1 aliphatic rings. The molecule has 0 unspecified atom stereocenters. The number of nitrogens with one attached hydrogen (secondary N) is 1. The number of rotatable bonds is 2. The Hall–Kier alpha value is -1.55. The van der Waals surface area contributed by atoms with E-state index in [-0.39, 0.29) is 0 Å². The molecule has 4 nitrogen and oxygen atoms in total. The van der Waals surface area contributed by atoms with E-state index in [1.54, 1.807) is 0 Å². The summed E-state index contributed by atoms with van der Waals surface area (Å²) in [5.41, 5.74) is 2.11. The number of para-hydroxylation sites is 2. The fourth-order valence-electron chi connectivity index (χ4n) is 2.42. The number of aliphatic hydroxyl groups excluding tert-OH is 1. The van der Waals surface area contributed by atoms with Crippen molar-refractivity contribution in [3.8, 4) is 0 Å². The number of fused-ring (bicyclic) bond motifs is 1. The third-order valence-corrected chi connectivity index (χ3v) is 3.55. The van der Waals surface area contributed by atoms with Crippen LogP contribution in [0.15, 0.2) is 24.3 Å². The fourth-order valence-corrected chi connectivity index (χ4v) is 2.42. The Morgan fingerprint density at radius 1 is 1.29 bits per heavy atom. The highest BCUT2D eigenvalue weighted by molar-refractivity contribution is 5.77. The molecule has 0 radical (unpaired) electrons. The van der Waals surface area contributed by atoms with Crippen molar-refractivity contribution in [2.75, 3.05) is 24.6 Å². The maximum Gasteiger partial charge on any atom is 0.203 e. The molecule has 1 fully saturated rings. The fraction of sp³-hybridized carbons (Fsp3) is 0.462. The molecule has 1 aromatic heterocycles. The first-order valence-electron chi connectivity index (χ1n) is 6.17. The average molecular weight is 231 g/mol. The van der Waals surface area contributed by atoms with Crippen LogP contribution in [0.1, 0.15) is 12.8 Å². The topological polar surface area (TPSA) is 52.1 Å². The van der Waals surface area contributed by atoms with Crippen LogP contribution in [0.2, 0.25) is 0 Å². The van der Waals surface area contributed by atoms with Crippen molar-refractivity contribution in [3.05, 3.63) is 24.3 Å². The lowest BCUT2D eigenvalue weighted by Crippen LogP contribution is -2.35. The van der Waals surface area contributed by atoms with Gasteiger partial charge in [0.15, 0.2) is 0 Å². The van der Waals surface area contributed by atoms with Crippen molar-refractivity contribution >= 4 is 17.0 Å². The first-order valence-corrected chi connectivity index (χ1v) is 6.17. The highest BCUT2D eigenvalue weighted by atomic mass is 16.3. The summed E-state index contributed by atoms with van der Waals surface area (Å²) in [6, 6.07) is 8.09. The molecule has 3 rings (SSSR count). The van der Waals surface area contributed by atoms with Crippen LogP contribution in [-0.4, -0.2) is 34.8 Å². The van der Waals surface area contributed by atoms with Gasteiger partial charge in [0.2, 0.25) is 5.95 Å². The smallest absolute Gasteiger partial charge is 0.203 e. The number of aliphatic hydroxyl groups is 1. The Morgan fingerprint density at radius 3 is 2.76 bits per heavy atom. The standard InChI is InChI=1S/C13H17N3O/c17-9-10-5-7-16(8-6-10)13-14-11-3-1-2-4-12(11)15-13/h1-4,10,17H,5-9H2,(H,14,15). The molecule has 0 saturated carbocycles. The van der Waals surface area contributed by atoms with Crippen LogP contribution in [-0.2, 0) is 0 Å². The second-order valence-electron chi connectivity index (χ2n) is 4.69. The van der Waals surface area contributed by atoms with E-state index in [1.807, 2.05) is 24.3 Å². The van der Waals surface area contributed by atoms with Crippen LogP contribution in [0.25, 0.3) is 11.0 Å². The van der Waals surface area contributed by atoms with Gasteiger partial charge >= 0.3 is 0 Å². The van der Waals surface area contributed by atoms with Gasteiger partial charge in [0.1, 0.15) is 0 Å². The minimum Gasteiger partial charge on any atom is -0.396 e. The van der Waals surface area contributed by atoms with E-state index in [4.69, 9.17) is 5.11 Å². The average Bonchev–Trinajstić information content (AvgIpc) is 2.82. The highest BCUT2D eigenvalue weighted by Crippen LogP contribution is 2.22. The molecule has 0 atom stereocenters. The molecule has 1 aromatic carbocycles. The van der Waals surface area contributed by atoms with Crippen LogP contribution >= 0.6 is 0 Å². The van der Waals surface area contributed by atoms with Gasteiger partial charge in [-0.1, -0.05) is 12.1 Å². The van der Waals surface area contributed by atoms with Crippen LogP contribution in [0, 0.1) is 5.92 Å². The van der Waals surface area contributed by atoms with Gasteiger partial charge in [0.25, 0.3) is 0 Å². The van der Waals surface area contributed by atoms with Crippen molar-refractivity contribution < 1.29 is 5.11 Å². The highest BCUT2D eigenvalue weighted by Gasteiger charge is 2.20.